The Morgan fingerprint density at radius 3 is 2.70 bits per heavy atom. The highest BCUT2D eigenvalue weighted by molar-refractivity contribution is 6.06. The second kappa shape index (κ2) is 7.84. The summed E-state index contributed by atoms with van der Waals surface area (Å²) in [5, 5.41) is 8.93. The molecule has 1 aromatic carbocycles. The van der Waals surface area contributed by atoms with Crippen molar-refractivity contribution in [3.8, 4) is 11.9 Å². The highest BCUT2D eigenvalue weighted by atomic mass is 19.3. The zero-order valence-electron chi connectivity index (χ0n) is 12.0. The van der Waals surface area contributed by atoms with E-state index in [0.29, 0.717) is 5.69 Å². The molecule has 0 aliphatic rings. The standard InChI is InChI=1S/C16H13F2N3O2/c17-14(18)11-23-15-10-12(6-8-20-15)16(22)21(9-7-19)13-4-2-1-3-5-13/h1-6,8,10,14H,9,11H2. The van der Waals surface area contributed by atoms with Crippen LogP contribution in [0.1, 0.15) is 10.4 Å². The van der Waals surface area contributed by atoms with Crippen molar-refractivity contribution in [2.75, 3.05) is 18.1 Å². The molecular weight excluding hydrogens is 304 g/mol. The number of carbonyl (C=O) groups excluding carboxylic acids is 1. The summed E-state index contributed by atoms with van der Waals surface area (Å²) in [5.41, 5.74) is 0.759. The number of carbonyl (C=O) groups is 1. The molecule has 0 N–H and O–H groups in total. The number of aromatic nitrogens is 1. The molecule has 7 heteroatoms. The molecule has 0 saturated heterocycles. The van der Waals surface area contributed by atoms with E-state index in [4.69, 9.17) is 10.00 Å². The lowest BCUT2D eigenvalue weighted by Crippen LogP contribution is -2.31. The Labute approximate surface area is 131 Å². The van der Waals surface area contributed by atoms with E-state index in [0.717, 1.165) is 0 Å². The van der Waals surface area contributed by atoms with E-state index in [1.807, 2.05) is 6.07 Å². The van der Waals surface area contributed by atoms with Gasteiger partial charge in [-0.2, -0.15) is 5.26 Å². The average molecular weight is 317 g/mol. The average Bonchev–Trinajstić information content (AvgIpc) is 2.58. The van der Waals surface area contributed by atoms with Crippen LogP contribution < -0.4 is 9.64 Å². The van der Waals surface area contributed by atoms with E-state index < -0.39 is 18.9 Å². The van der Waals surface area contributed by atoms with Crippen LogP contribution in [0.3, 0.4) is 0 Å². The van der Waals surface area contributed by atoms with Gasteiger partial charge in [-0.1, -0.05) is 18.2 Å². The van der Waals surface area contributed by atoms with E-state index in [1.165, 1.54) is 23.2 Å². The lowest BCUT2D eigenvalue weighted by molar-refractivity contribution is 0.0795. The number of amides is 1. The zero-order valence-corrected chi connectivity index (χ0v) is 12.0. The van der Waals surface area contributed by atoms with E-state index in [-0.39, 0.29) is 18.0 Å². The highest BCUT2D eigenvalue weighted by Gasteiger charge is 2.18. The predicted molar refractivity (Wildman–Crippen MR) is 79.5 cm³/mol. The van der Waals surface area contributed by atoms with Crippen LogP contribution in [0.5, 0.6) is 5.88 Å². The Morgan fingerprint density at radius 2 is 2.04 bits per heavy atom. The number of benzene rings is 1. The first kappa shape index (κ1) is 16.4. The van der Waals surface area contributed by atoms with Gasteiger partial charge in [0.15, 0.2) is 6.61 Å². The van der Waals surface area contributed by atoms with Gasteiger partial charge in [-0.25, -0.2) is 13.8 Å². The fraction of sp³-hybridized carbons (Fsp3) is 0.188. The maximum absolute atomic E-state index is 12.6. The second-order valence-electron chi connectivity index (χ2n) is 4.47. The molecular formula is C16H13F2N3O2. The van der Waals surface area contributed by atoms with Crippen molar-refractivity contribution in [3.63, 3.8) is 0 Å². The van der Waals surface area contributed by atoms with E-state index in [1.54, 1.807) is 30.3 Å². The van der Waals surface area contributed by atoms with Crippen molar-refractivity contribution in [2.45, 2.75) is 6.43 Å². The fourth-order valence-corrected chi connectivity index (χ4v) is 1.88. The number of nitrogens with zero attached hydrogens (tertiary/aromatic N) is 3. The highest BCUT2D eigenvalue weighted by Crippen LogP contribution is 2.18. The molecule has 1 aromatic heterocycles. The number of pyridine rings is 1. The Kier molecular flexibility index (Phi) is 5.58. The van der Waals surface area contributed by atoms with Crippen LogP contribution in [-0.4, -0.2) is 30.5 Å². The molecule has 0 bridgehead atoms. The van der Waals surface area contributed by atoms with Gasteiger partial charge in [0.05, 0.1) is 6.07 Å². The van der Waals surface area contributed by atoms with Gasteiger partial charge in [-0.3, -0.25) is 9.69 Å². The van der Waals surface area contributed by atoms with Crippen LogP contribution in [0.2, 0.25) is 0 Å². The molecule has 0 saturated carbocycles. The smallest absolute Gasteiger partial charge is 0.272 e. The minimum atomic E-state index is -2.63. The number of hydrogen-bond donors (Lipinski definition) is 0. The van der Waals surface area contributed by atoms with Crippen LogP contribution in [0.25, 0.3) is 0 Å². The van der Waals surface area contributed by atoms with Gasteiger partial charge in [0.2, 0.25) is 5.88 Å². The number of ether oxygens (including phenoxy) is 1. The molecule has 0 aliphatic heterocycles. The lowest BCUT2D eigenvalue weighted by Gasteiger charge is -2.19. The van der Waals surface area contributed by atoms with Crippen molar-refractivity contribution < 1.29 is 18.3 Å². The lowest BCUT2D eigenvalue weighted by atomic mass is 10.2. The summed E-state index contributed by atoms with van der Waals surface area (Å²) in [4.78, 5) is 17.6. The molecule has 23 heavy (non-hydrogen) atoms. The Morgan fingerprint density at radius 1 is 1.30 bits per heavy atom. The zero-order chi connectivity index (χ0) is 16.7. The Balaban J connectivity index is 2.23. The van der Waals surface area contributed by atoms with Gasteiger partial charge in [0, 0.05) is 23.5 Å². The Bertz CT molecular complexity index is 702. The van der Waals surface area contributed by atoms with Crippen LogP contribution in [0, 0.1) is 11.3 Å². The molecule has 0 radical (unpaired) electrons. The van der Waals surface area contributed by atoms with Crippen LogP contribution >= 0.6 is 0 Å². The van der Waals surface area contributed by atoms with Crippen molar-refractivity contribution in [3.05, 3.63) is 54.2 Å². The topological polar surface area (TPSA) is 66.2 Å². The number of nitriles is 1. The minimum Gasteiger partial charge on any atom is -0.472 e. The maximum atomic E-state index is 12.6. The molecule has 5 nitrogen and oxygen atoms in total. The molecule has 0 fully saturated rings. The van der Waals surface area contributed by atoms with Crippen molar-refractivity contribution in [2.24, 2.45) is 0 Å². The summed E-state index contributed by atoms with van der Waals surface area (Å²) in [6.45, 7) is -0.941. The monoisotopic (exact) mass is 317 g/mol. The summed E-state index contributed by atoms with van der Waals surface area (Å²) in [5.74, 6) is -0.511. The Hall–Kier alpha value is -3.01. The van der Waals surface area contributed by atoms with Crippen LogP contribution in [0.4, 0.5) is 14.5 Å². The van der Waals surface area contributed by atoms with Gasteiger partial charge < -0.3 is 4.74 Å². The second-order valence-corrected chi connectivity index (χ2v) is 4.47. The molecule has 1 amide bonds. The number of alkyl halides is 2. The van der Waals surface area contributed by atoms with Gasteiger partial charge in [-0.15, -0.1) is 0 Å². The van der Waals surface area contributed by atoms with Crippen LogP contribution in [-0.2, 0) is 0 Å². The molecule has 2 aromatic rings. The normalized spacial score (nSPS) is 10.2. The third-order valence-electron chi connectivity index (χ3n) is 2.88. The molecule has 1 heterocycles. The molecule has 2 rings (SSSR count). The predicted octanol–water partition coefficient (Wildman–Crippen LogP) is 2.90. The molecule has 0 spiro atoms. The van der Waals surface area contributed by atoms with Crippen molar-refractivity contribution in [1.82, 2.24) is 4.98 Å². The third-order valence-corrected chi connectivity index (χ3v) is 2.88. The van der Waals surface area contributed by atoms with Gasteiger partial charge >= 0.3 is 0 Å². The number of halogens is 2. The van der Waals surface area contributed by atoms with E-state index in [9.17, 15) is 13.6 Å². The van der Waals surface area contributed by atoms with Gasteiger partial charge in [0.25, 0.3) is 12.3 Å². The first-order valence-corrected chi connectivity index (χ1v) is 6.72. The molecule has 0 atom stereocenters. The minimum absolute atomic E-state index is 0.0684. The largest absolute Gasteiger partial charge is 0.472 e. The van der Waals surface area contributed by atoms with Crippen molar-refractivity contribution >= 4 is 11.6 Å². The summed E-state index contributed by atoms with van der Waals surface area (Å²) in [6, 6.07) is 13.3. The number of rotatable bonds is 6. The molecule has 0 unspecified atom stereocenters. The number of para-hydroxylation sites is 1. The van der Waals surface area contributed by atoms with Gasteiger partial charge in [-0.05, 0) is 18.2 Å². The summed E-state index contributed by atoms with van der Waals surface area (Å²) in [7, 11) is 0. The van der Waals surface area contributed by atoms with Crippen molar-refractivity contribution in [1.29, 1.82) is 5.26 Å². The first-order chi connectivity index (χ1) is 11.1. The SMILES string of the molecule is N#CCN(C(=O)c1ccnc(OCC(F)F)c1)c1ccccc1. The summed E-state index contributed by atoms with van der Waals surface area (Å²) in [6.07, 6.45) is -1.33. The number of anilines is 1. The van der Waals surface area contributed by atoms with Crippen LogP contribution in [0.15, 0.2) is 48.7 Å². The van der Waals surface area contributed by atoms with E-state index >= 15 is 0 Å². The third kappa shape index (κ3) is 4.48. The van der Waals surface area contributed by atoms with Gasteiger partial charge in [0.1, 0.15) is 6.54 Å². The maximum Gasteiger partial charge on any atom is 0.272 e. The first-order valence-electron chi connectivity index (χ1n) is 6.72. The quantitative estimate of drug-likeness (QED) is 0.768. The summed E-state index contributed by atoms with van der Waals surface area (Å²) < 4.78 is 29.1. The molecule has 118 valence electrons. The number of hydrogen-bond acceptors (Lipinski definition) is 4. The van der Waals surface area contributed by atoms with E-state index in [2.05, 4.69) is 4.98 Å². The fourth-order valence-electron chi connectivity index (χ4n) is 1.88. The molecule has 0 aliphatic carbocycles. The summed E-state index contributed by atoms with van der Waals surface area (Å²) >= 11 is 0.